The van der Waals surface area contributed by atoms with Crippen LogP contribution < -0.4 is 5.32 Å². The van der Waals surface area contributed by atoms with Crippen molar-refractivity contribution in [2.75, 3.05) is 46.4 Å². The summed E-state index contributed by atoms with van der Waals surface area (Å²) in [6.07, 6.45) is 4.46. The third kappa shape index (κ3) is 6.25. The van der Waals surface area contributed by atoms with Crippen LogP contribution >= 0.6 is 0 Å². The minimum Gasteiger partial charge on any atom is -0.395 e. The molecular formula is C14H29N3O2. The lowest BCUT2D eigenvalue weighted by molar-refractivity contribution is 0.174. The predicted octanol–water partition coefficient (Wildman–Crippen LogP) is 1.13. The van der Waals surface area contributed by atoms with Crippen molar-refractivity contribution in [3.63, 3.8) is 0 Å². The molecular weight excluding hydrogens is 242 g/mol. The summed E-state index contributed by atoms with van der Waals surface area (Å²) in [5.41, 5.74) is 0. The zero-order valence-corrected chi connectivity index (χ0v) is 12.4. The summed E-state index contributed by atoms with van der Waals surface area (Å²) in [5.74, 6) is 0.744. The van der Waals surface area contributed by atoms with Crippen LogP contribution in [0.3, 0.4) is 0 Å². The van der Waals surface area contributed by atoms with Gasteiger partial charge in [-0.2, -0.15) is 0 Å². The highest BCUT2D eigenvalue weighted by molar-refractivity contribution is 5.74. The Balaban J connectivity index is 2.18. The molecule has 5 nitrogen and oxygen atoms in total. The summed E-state index contributed by atoms with van der Waals surface area (Å²) in [7, 11) is 2.16. The molecule has 0 radical (unpaired) electrons. The van der Waals surface area contributed by atoms with Crippen molar-refractivity contribution in [2.24, 2.45) is 5.92 Å². The zero-order valence-electron chi connectivity index (χ0n) is 12.4. The Morgan fingerprint density at radius 2 is 2.05 bits per heavy atom. The standard InChI is InChI=1S/C14H29N3O2/c1-3-8-17(11-12-18)14(19)15-7-4-13-5-9-16(2)10-6-13/h13,18H,3-12H2,1-2H3,(H,15,19). The van der Waals surface area contributed by atoms with E-state index >= 15 is 0 Å². The van der Waals surface area contributed by atoms with Gasteiger partial charge in [-0.3, -0.25) is 0 Å². The van der Waals surface area contributed by atoms with Crippen LogP contribution in [0.4, 0.5) is 4.79 Å². The summed E-state index contributed by atoms with van der Waals surface area (Å²) < 4.78 is 0. The van der Waals surface area contributed by atoms with Gasteiger partial charge in [0, 0.05) is 19.6 Å². The largest absolute Gasteiger partial charge is 0.395 e. The quantitative estimate of drug-likeness (QED) is 0.730. The molecule has 112 valence electrons. The second-order valence-electron chi connectivity index (χ2n) is 5.48. The first-order chi connectivity index (χ1) is 9.17. The van der Waals surface area contributed by atoms with E-state index in [0.29, 0.717) is 13.1 Å². The Morgan fingerprint density at radius 3 is 2.63 bits per heavy atom. The van der Waals surface area contributed by atoms with Crippen LogP contribution in [0.5, 0.6) is 0 Å². The average Bonchev–Trinajstić information content (AvgIpc) is 2.40. The zero-order chi connectivity index (χ0) is 14.1. The van der Waals surface area contributed by atoms with Gasteiger partial charge in [0.15, 0.2) is 0 Å². The van der Waals surface area contributed by atoms with Gasteiger partial charge in [-0.05, 0) is 51.7 Å². The van der Waals surface area contributed by atoms with Crippen molar-refractivity contribution in [2.45, 2.75) is 32.6 Å². The van der Waals surface area contributed by atoms with Gasteiger partial charge in [-0.1, -0.05) is 6.92 Å². The van der Waals surface area contributed by atoms with E-state index in [2.05, 4.69) is 17.3 Å². The molecule has 0 spiro atoms. The highest BCUT2D eigenvalue weighted by Crippen LogP contribution is 2.18. The number of aliphatic hydroxyl groups is 1. The van der Waals surface area contributed by atoms with Gasteiger partial charge in [0.05, 0.1) is 6.61 Å². The molecule has 1 rings (SSSR count). The van der Waals surface area contributed by atoms with E-state index in [-0.39, 0.29) is 12.6 Å². The Bertz CT molecular complexity index is 247. The molecule has 0 aromatic rings. The van der Waals surface area contributed by atoms with Crippen molar-refractivity contribution in [3.05, 3.63) is 0 Å². The molecule has 2 amide bonds. The topological polar surface area (TPSA) is 55.8 Å². The SMILES string of the molecule is CCCN(CCO)C(=O)NCCC1CCN(C)CC1. The molecule has 0 atom stereocenters. The Kier molecular flexibility index (Phi) is 7.82. The molecule has 1 aliphatic heterocycles. The van der Waals surface area contributed by atoms with Crippen LogP contribution in [-0.4, -0.2) is 67.3 Å². The smallest absolute Gasteiger partial charge is 0.317 e. The van der Waals surface area contributed by atoms with Crippen LogP contribution in [0.25, 0.3) is 0 Å². The van der Waals surface area contributed by atoms with Crippen molar-refractivity contribution in [1.82, 2.24) is 15.1 Å². The van der Waals surface area contributed by atoms with Gasteiger partial charge < -0.3 is 20.2 Å². The third-order valence-electron chi connectivity index (χ3n) is 3.82. The van der Waals surface area contributed by atoms with Crippen LogP contribution in [0, 0.1) is 5.92 Å². The third-order valence-corrected chi connectivity index (χ3v) is 3.82. The molecule has 0 bridgehead atoms. The number of rotatable bonds is 7. The van der Waals surface area contributed by atoms with Gasteiger partial charge in [0.1, 0.15) is 0 Å². The fourth-order valence-electron chi connectivity index (χ4n) is 2.55. The summed E-state index contributed by atoms with van der Waals surface area (Å²) in [4.78, 5) is 16.0. The molecule has 19 heavy (non-hydrogen) atoms. The lowest BCUT2D eigenvalue weighted by atomic mass is 9.94. The van der Waals surface area contributed by atoms with E-state index in [4.69, 9.17) is 5.11 Å². The van der Waals surface area contributed by atoms with E-state index in [1.807, 2.05) is 6.92 Å². The number of aliphatic hydroxyl groups excluding tert-OH is 1. The summed E-state index contributed by atoms with van der Waals surface area (Å²) in [6.45, 7) is 6.29. The molecule has 0 aliphatic carbocycles. The molecule has 5 heteroatoms. The van der Waals surface area contributed by atoms with E-state index in [9.17, 15) is 4.79 Å². The maximum Gasteiger partial charge on any atom is 0.317 e. The number of piperidine rings is 1. The summed E-state index contributed by atoms with van der Waals surface area (Å²) in [6, 6.07) is -0.0381. The van der Waals surface area contributed by atoms with E-state index in [0.717, 1.165) is 25.3 Å². The summed E-state index contributed by atoms with van der Waals surface area (Å²) in [5, 5.41) is 11.9. The Morgan fingerprint density at radius 1 is 1.37 bits per heavy atom. The average molecular weight is 271 g/mol. The van der Waals surface area contributed by atoms with Crippen LogP contribution in [-0.2, 0) is 0 Å². The minimum atomic E-state index is -0.0381. The number of urea groups is 1. The normalized spacial score (nSPS) is 17.4. The number of likely N-dealkylation sites (tertiary alicyclic amines) is 1. The number of carbonyl (C=O) groups excluding carboxylic acids is 1. The van der Waals surface area contributed by atoms with Gasteiger partial charge in [-0.15, -0.1) is 0 Å². The summed E-state index contributed by atoms with van der Waals surface area (Å²) >= 11 is 0. The molecule has 1 aliphatic rings. The van der Waals surface area contributed by atoms with Gasteiger partial charge in [-0.25, -0.2) is 4.79 Å². The molecule has 0 aromatic heterocycles. The predicted molar refractivity (Wildman–Crippen MR) is 77.2 cm³/mol. The highest BCUT2D eigenvalue weighted by atomic mass is 16.3. The molecule has 0 saturated carbocycles. The number of nitrogens with one attached hydrogen (secondary N) is 1. The molecule has 1 fully saturated rings. The second-order valence-corrected chi connectivity index (χ2v) is 5.48. The van der Waals surface area contributed by atoms with Gasteiger partial charge in [0.25, 0.3) is 0 Å². The number of nitrogens with zero attached hydrogens (tertiary/aromatic N) is 2. The number of hydrogen-bond donors (Lipinski definition) is 2. The van der Waals surface area contributed by atoms with E-state index in [1.54, 1.807) is 4.90 Å². The van der Waals surface area contributed by atoms with Crippen molar-refractivity contribution in [1.29, 1.82) is 0 Å². The molecule has 0 aromatic carbocycles. The maximum atomic E-state index is 11.9. The lowest BCUT2D eigenvalue weighted by Crippen LogP contribution is -2.42. The van der Waals surface area contributed by atoms with Crippen LogP contribution in [0.2, 0.25) is 0 Å². The van der Waals surface area contributed by atoms with Gasteiger partial charge >= 0.3 is 6.03 Å². The van der Waals surface area contributed by atoms with Crippen molar-refractivity contribution in [3.8, 4) is 0 Å². The molecule has 0 unspecified atom stereocenters. The Labute approximate surface area is 117 Å². The molecule has 2 N–H and O–H groups in total. The molecule has 1 saturated heterocycles. The first kappa shape index (κ1) is 16.2. The first-order valence-corrected chi connectivity index (χ1v) is 7.49. The fraction of sp³-hybridized carbons (Fsp3) is 0.929. The van der Waals surface area contributed by atoms with Crippen molar-refractivity contribution < 1.29 is 9.90 Å². The Hall–Kier alpha value is -0.810. The van der Waals surface area contributed by atoms with Gasteiger partial charge in [0.2, 0.25) is 0 Å². The molecule has 1 heterocycles. The van der Waals surface area contributed by atoms with Crippen LogP contribution in [0.1, 0.15) is 32.6 Å². The van der Waals surface area contributed by atoms with Crippen LogP contribution in [0.15, 0.2) is 0 Å². The second kappa shape index (κ2) is 9.15. The first-order valence-electron chi connectivity index (χ1n) is 7.49. The highest BCUT2D eigenvalue weighted by Gasteiger charge is 2.17. The number of amides is 2. The minimum absolute atomic E-state index is 0.0301. The van der Waals surface area contributed by atoms with Crippen molar-refractivity contribution >= 4 is 6.03 Å². The maximum absolute atomic E-state index is 11.9. The lowest BCUT2D eigenvalue weighted by Gasteiger charge is -2.29. The monoisotopic (exact) mass is 271 g/mol. The van der Waals surface area contributed by atoms with E-state index < -0.39 is 0 Å². The fourth-order valence-corrected chi connectivity index (χ4v) is 2.55. The van der Waals surface area contributed by atoms with E-state index in [1.165, 1.54) is 25.9 Å². The number of carbonyl (C=O) groups is 1. The number of hydrogen-bond acceptors (Lipinski definition) is 3.